The molecule has 12 heavy (non-hydrogen) atoms. The fourth-order valence-electron chi connectivity index (χ4n) is 0.874. The molecule has 64 valence electrons. The van der Waals surface area contributed by atoms with Crippen LogP contribution in [-0.4, -0.2) is 28.2 Å². The Bertz CT molecular complexity index is 255. The maximum absolute atomic E-state index is 10.9. The Labute approximate surface area is 75.0 Å². The van der Waals surface area contributed by atoms with Gasteiger partial charge in [-0.15, -0.1) is 0 Å². The van der Waals surface area contributed by atoms with Gasteiger partial charge in [-0.05, 0) is 0 Å². The Morgan fingerprint density at radius 1 is 1.42 bits per heavy atom. The Morgan fingerprint density at radius 3 is 2.33 bits per heavy atom. The molecule has 0 fully saturated rings. The Kier molecular flexibility index (Phi) is 2.54. The molecule has 0 bridgehead atoms. The van der Waals surface area contributed by atoms with Crippen molar-refractivity contribution in [1.29, 1.82) is 0 Å². The van der Waals surface area contributed by atoms with Crippen LogP contribution in [0.4, 0.5) is 0 Å². The lowest BCUT2D eigenvalue weighted by molar-refractivity contribution is -0.136. The Balaban J connectivity index is 2.48. The molecule has 0 aromatic rings. The monoisotopic (exact) mass is 184 g/mol. The van der Waals surface area contributed by atoms with Gasteiger partial charge in [0.05, 0.1) is 4.99 Å². The normalized spacial score (nSPS) is 15.8. The van der Waals surface area contributed by atoms with E-state index in [9.17, 15) is 9.59 Å². The van der Waals surface area contributed by atoms with Crippen LogP contribution in [0.1, 0.15) is 6.42 Å². The number of imide groups is 1. The average molecular weight is 184 g/mol. The largest absolute Gasteiger partial charge is 0.393 e. The molecule has 2 N–H and O–H groups in total. The van der Waals surface area contributed by atoms with Crippen LogP contribution in [0.15, 0.2) is 12.2 Å². The van der Waals surface area contributed by atoms with Crippen molar-refractivity contribution in [3.8, 4) is 0 Å². The van der Waals surface area contributed by atoms with E-state index in [2.05, 4.69) is 12.2 Å². The van der Waals surface area contributed by atoms with E-state index in [0.29, 0.717) is 11.4 Å². The highest BCUT2D eigenvalue weighted by atomic mass is 32.1. The van der Waals surface area contributed by atoms with Gasteiger partial charge in [0.1, 0.15) is 0 Å². The van der Waals surface area contributed by atoms with E-state index in [-0.39, 0.29) is 18.4 Å². The first kappa shape index (κ1) is 8.86. The highest BCUT2D eigenvalue weighted by Crippen LogP contribution is 2.03. The van der Waals surface area contributed by atoms with Crippen LogP contribution in [0.2, 0.25) is 0 Å². The third kappa shape index (κ3) is 1.88. The van der Waals surface area contributed by atoms with Crippen LogP contribution in [0, 0.1) is 0 Å². The van der Waals surface area contributed by atoms with Gasteiger partial charge >= 0.3 is 0 Å². The number of carbonyl (C=O) groups excluding carboxylic acids is 2. The molecule has 2 amide bonds. The van der Waals surface area contributed by atoms with E-state index in [4.69, 9.17) is 5.73 Å². The molecule has 1 aliphatic heterocycles. The van der Waals surface area contributed by atoms with Gasteiger partial charge in [-0.1, -0.05) is 12.2 Å². The molecule has 0 aromatic heterocycles. The summed E-state index contributed by atoms with van der Waals surface area (Å²) in [6, 6.07) is 0. The first-order valence-electron chi connectivity index (χ1n) is 3.43. The van der Waals surface area contributed by atoms with Crippen molar-refractivity contribution >= 4 is 29.0 Å². The number of thiocarbonyl (C=S) groups is 1. The molecule has 0 unspecified atom stereocenters. The van der Waals surface area contributed by atoms with Crippen LogP contribution in [-0.2, 0) is 9.59 Å². The smallest absolute Gasteiger partial charge is 0.253 e. The number of amides is 2. The highest BCUT2D eigenvalue weighted by molar-refractivity contribution is 7.80. The minimum Gasteiger partial charge on any atom is -0.393 e. The zero-order valence-electron chi connectivity index (χ0n) is 6.32. The molecule has 5 heteroatoms. The molecule has 0 aromatic carbocycles. The zero-order chi connectivity index (χ0) is 9.14. The Hall–Kier alpha value is -1.23. The van der Waals surface area contributed by atoms with Crippen LogP contribution in [0.25, 0.3) is 0 Å². The summed E-state index contributed by atoms with van der Waals surface area (Å²) in [5.41, 5.74) is 5.22. The van der Waals surface area contributed by atoms with Crippen LogP contribution < -0.4 is 5.73 Å². The lowest BCUT2D eigenvalue weighted by atomic mass is 10.4. The van der Waals surface area contributed by atoms with Crippen molar-refractivity contribution in [3.05, 3.63) is 12.2 Å². The molecule has 1 aliphatic rings. The second-order valence-corrected chi connectivity index (χ2v) is 2.90. The summed E-state index contributed by atoms with van der Waals surface area (Å²) in [7, 11) is 0. The first-order chi connectivity index (χ1) is 5.61. The summed E-state index contributed by atoms with van der Waals surface area (Å²) in [6.45, 7) is 0.278. The SMILES string of the molecule is NC(=S)CCN1C(=O)C=CC1=O. The molecular weight excluding hydrogens is 176 g/mol. The zero-order valence-corrected chi connectivity index (χ0v) is 7.13. The summed E-state index contributed by atoms with van der Waals surface area (Å²) < 4.78 is 0. The number of carbonyl (C=O) groups is 2. The molecular formula is C7H8N2O2S. The van der Waals surface area contributed by atoms with Crippen LogP contribution >= 0.6 is 12.2 Å². The fraction of sp³-hybridized carbons (Fsp3) is 0.286. The number of nitrogens with zero attached hydrogens (tertiary/aromatic N) is 1. The summed E-state index contributed by atoms with van der Waals surface area (Å²) in [5, 5.41) is 0. The molecule has 0 saturated heterocycles. The summed E-state index contributed by atoms with van der Waals surface area (Å²) in [4.78, 5) is 23.3. The topological polar surface area (TPSA) is 63.4 Å². The van der Waals surface area contributed by atoms with Gasteiger partial charge in [-0.25, -0.2) is 0 Å². The minimum atomic E-state index is -0.295. The van der Waals surface area contributed by atoms with E-state index in [1.165, 1.54) is 12.2 Å². The lowest BCUT2D eigenvalue weighted by Crippen LogP contribution is -2.32. The summed E-state index contributed by atoms with van der Waals surface area (Å²) in [6.07, 6.45) is 2.86. The molecule has 1 rings (SSSR count). The Morgan fingerprint density at radius 2 is 1.92 bits per heavy atom. The second-order valence-electron chi connectivity index (χ2n) is 2.38. The predicted molar refractivity (Wildman–Crippen MR) is 47.3 cm³/mol. The first-order valence-corrected chi connectivity index (χ1v) is 3.84. The third-order valence-electron chi connectivity index (χ3n) is 1.48. The van der Waals surface area contributed by atoms with E-state index in [1.807, 2.05) is 0 Å². The third-order valence-corrected chi connectivity index (χ3v) is 1.69. The molecule has 4 nitrogen and oxygen atoms in total. The van der Waals surface area contributed by atoms with E-state index in [0.717, 1.165) is 4.90 Å². The van der Waals surface area contributed by atoms with Crippen molar-refractivity contribution in [2.24, 2.45) is 5.73 Å². The molecule has 1 heterocycles. The standard InChI is InChI=1S/C7H8N2O2S/c8-5(12)3-4-9-6(10)1-2-7(9)11/h1-2H,3-4H2,(H2,8,12). The summed E-state index contributed by atoms with van der Waals surface area (Å²) in [5.74, 6) is -0.590. The second kappa shape index (κ2) is 3.44. The minimum absolute atomic E-state index is 0.278. The number of hydrogen-bond donors (Lipinski definition) is 1. The van der Waals surface area contributed by atoms with Crippen LogP contribution in [0.5, 0.6) is 0 Å². The maximum atomic E-state index is 10.9. The number of rotatable bonds is 3. The van der Waals surface area contributed by atoms with Crippen LogP contribution in [0.3, 0.4) is 0 Å². The molecule has 0 aliphatic carbocycles. The number of nitrogens with two attached hydrogens (primary N) is 1. The van der Waals surface area contributed by atoms with Gasteiger partial charge in [0.15, 0.2) is 0 Å². The molecule has 0 saturated carbocycles. The lowest BCUT2D eigenvalue weighted by Gasteiger charge is -2.12. The maximum Gasteiger partial charge on any atom is 0.253 e. The fourth-order valence-corrected chi connectivity index (χ4v) is 0.965. The van der Waals surface area contributed by atoms with Crippen molar-refractivity contribution in [1.82, 2.24) is 4.90 Å². The van der Waals surface area contributed by atoms with E-state index < -0.39 is 0 Å². The predicted octanol–water partition coefficient (Wildman–Crippen LogP) is -0.412. The molecule has 0 spiro atoms. The average Bonchev–Trinajstić information content (AvgIpc) is 2.28. The highest BCUT2D eigenvalue weighted by Gasteiger charge is 2.22. The van der Waals surface area contributed by atoms with E-state index >= 15 is 0 Å². The van der Waals surface area contributed by atoms with Gasteiger partial charge in [0, 0.05) is 25.1 Å². The van der Waals surface area contributed by atoms with Crippen molar-refractivity contribution < 1.29 is 9.59 Å². The molecule has 0 atom stereocenters. The van der Waals surface area contributed by atoms with Gasteiger partial charge in [-0.2, -0.15) is 0 Å². The van der Waals surface area contributed by atoms with Crippen molar-refractivity contribution in [2.45, 2.75) is 6.42 Å². The quantitative estimate of drug-likeness (QED) is 0.478. The van der Waals surface area contributed by atoms with Gasteiger partial charge in [0.25, 0.3) is 11.8 Å². The summed E-state index contributed by atoms with van der Waals surface area (Å²) >= 11 is 4.62. The van der Waals surface area contributed by atoms with E-state index in [1.54, 1.807) is 0 Å². The van der Waals surface area contributed by atoms with Gasteiger partial charge < -0.3 is 5.73 Å². The van der Waals surface area contributed by atoms with Gasteiger partial charge in [0.2, 0.25) is 0 Å². The van der Waals surface area contributed by atoms with Crippen molar-refractivity contribution in [2.75, 3.05) is 6.54 Å². The van der Waals surface area contributed by atoms with Gasteiger partial charge in [-0.3, -0.25) is 14.5 Å². The van der Waals surface area contributed by atoms with Crippen molar-refractivity contribution in [3.63, 3.8) is 0 Å². The molecule has 0 radical (unpaired) electrons. The number of hydrogen-bond acceptors (Lipinski definition) is 3.